The van der Waals surface area contributed by atoms with Crippen molar-refractivity contribution in [1.82, 2.24) is 30.2 Å². The van der Waals surface area contributed by atoms with E-state index >= 15 is 0 Å². The van der Waals surface area contributed by atoms with E-state index < -0.39 is 0 Å². The van der Waals surface area contributed by atoms with E-state index in [1.54, 1.807) is 18.5 Å². The molecule has 51 heavy (non-hydrogen) atoms. The average Bonchev–Trinajstić information content (AvgIpc) is 3.59. The first kappa shape index (κ1) is 34.8. The van der Waals surface area contributed by atoms with Gasteiger partial charge in [0.15, 0.2) is 5.13 Å². The molecule has 0 spiro atoms. The second-order valence-corrected chi connectivity index (χ2v) is 14.8. The number of piperazine rings is 1. The van der Waals surface area contributed by atoms with Gasteiger partial charge in [0.25, 0.3) is 5.91 Å². The second kappa shape index (κ2) is 15.3. The number of nitrogens with zero attached hydrogens (tertiary/aromatic N) is 7. The molecule has 0 saturated carbocycles. The summed E-state index contributed by atoms with van der Waals surface area (Å²) >= 11 is 7.54. The normalized spacial score (nSPS) is 18.8. The summed E-state index contributed by atoms with van der Waals surface area (Å²) < 4.78 is 0. The molecule has 266 valence electrons. The molecule has 3 amide bonds. The Bertz CT molecular complexity index is 1900. The first-order valence-electron chi connectivity index (χ1n) is 17.3. The maximum atomic E-state index is 12.9. The van der Waals surface area contributed by atoms with Crippen LogP contribution in [0.2, 0.25) is 5.02 Å². The minimum Gasteiger partial charge on any atom is -0.370 e. The Hall–Kier alpha value is -4.66. The van der Waals surface area contributed by atoms with Crippen LogP contribution >= 0.6 is 22.9 Å². The second-order valence-electron chi connectivity index (χ2n) is 13.4. The zero-order valence-electron chi connectivity index (χ0n) is 28.7. The summed E-state index contributed by atoms with van der Waals surface area (Å²) in [6.07, 6.45) is 8.26. The molecule has 1 aromatic carbocycles. The van der Waals surface area contributed by atoms with Crippen molar-refractivity contribution in [2.24, 2.45) is 5.92 Å². The van der Waals surface area contributed by atoms with Crippen LogP contribution in [-0.4, -0.2) is 88.4 Å². The lowest BCUT2D eigenvalue weighted by atomic mass is 9.91. The predicted octanol–water partition coefficient (Wildman–Crippen LogP) is 5.15. The minimum absolute atomic E-state index is 0.202. The van der Waals surface area contributed by atoms with E-state index in [0.717, 1.165) is 81.3 Å². The molecule has 4 aromatic rings. The van der Waals surface area contributed by atoms with E-state index in [1.165, 1.54) is 11.3 Å². The van der Waals surface area contributed by atoms with Crippen LogP contribution in [0, 0.1) is 19.8 Å². The van der Waals surface area contributed by atoms with Gasteiger partial charge in [0, 0.05) is 64.5 Å². The number of carbonyl (C=O) groups excluding carboxylic acids is 3. The summed E-state index contributed by atoms with van der Waals surface area (Å²) in [5.41, 5.74) is 3.40. The van der Waals surface area contributed by atoms with Crippen LogP contribution < -0.4 is 25.8 Å². The van der Waals surface area contributed by atoms with Crippen molar-refractivity contribution < 1.29 is 14.4 Å². The third-order valence-electron chi connectivity index (χ3n) is 9.83. The third-order valence-corrected chi connectivity index (χ3v) is 11.1. The van der Waals surface area contributed by atoms with Crippen molar-refractivity contribution in [3.63, 3.8) is 0 Å². The van der Waals surface area contributed by atoms with Gasteiger partial charge in [0.05, 0.1) is 34.7 Å². The number of piperidine rings is 2. The predicted molar refractivity (Wildman–Crippen MR) is 199 cm³/mol. The topological polar surface area (TPSA) is 149 Å². The van der Waals surface area contributed by atoms with Gasteiger partial charge in [-0.3, -0.25) is 29.6 Å². The summed E-state index contributed by atoms with van der Waals surface area (Å²) in [5.74, 6) is 1.76. The van der Waals surface area contributed by atoms with Gasteiger partial charge in [-0.25, -0.2) is 15.0 Å². The van der Waals surface area contributed by atoms with Gasteiger partial charge in [-0.1, -0.05) is 35.1 Å². The van der Waals surface area contributed by atoms with Gasteiger partial charge < -0.3 is 20.4 Å². The summed E-state index contributed by atoms with van der Waals surface area (Å²) in [4.78, 5) is 62.7. The van der Waals surface area contributed by atoms with E-state index in [-0.39, 0.29) is 23.6 Å². The molecule has 13 nitrogen and oxygen atoms in total. The lowest BCUT2D eigenvalue weighted by Crippen LogP contribution is -2.49. The van der Waals surface area contributed by atoms with E-state index in [9.17, 15) is 14.4 Å². The number of amides is 3. The van der Waals surface area contributed by atoms with Crippen molar-refractivity contribution >= 4 is 68.8 Å². The number of rotatable bonds is 9. The largest absolute Gasteiger partial charge is 0.370 e. The fraction of sp³-hybridized carbons (Fsp3) is 0.417. The molecular formula is C36H41ClN10O3S. The number of hydrogen-bond donors (Lipinski definition) is 3. The quantitative estimate of drug-likeness (QED) is 0.197. The molecule has 0 unspecified atom stereocenters. The van der Waals surface area contributed by atoms with Crippen molar-refractivity contribution in [2.75, 3.05) is 66.2 Å². The van der Waals surface area contributed by atoms with E-state index in [1.807, 2.05) is 38.2 Å². The van der Waals surface area contributed by atoms with Crippen LogP contribution in [0.4, 0.5) is 28.1 Å². The number of benzene rings is 1. The monoisotopic (exact) mass is 728 g/mol. The van der Waals surface area contributed by atoms with Crippen molar-refractivity contribution in [1.29, 1.82) is 0 Å². The average molecular weight is 729 g/mol. The molecule has 3 N–H and O–H groups in total. The van der Waals surface area contributed by atoms with Gasteiger partial charge >= 0.3 is 0 Å². The summed E-state index contributed by atoms with van der Waals surface area (Å²) in [6.45, 7) is 10.4. The maximum absolute atomic E-state index is 12.9. The minimum atomic E-state index is -0.322. The zero-order chi connectivity index (χ0) is 35.5. The van der Waals surface area contributed by atoms with Gasteiger partial charge in [-0.2, -0.15) is 0 Å². The number of nitrogens with one attached hydrogen (secondary N) is 3. The SMILES string of the molecule is Cc1nc(Nc2ncc(C(=O)Nc3c(C)cccc3Cl)s2)cc(N2CCN(CC3CCN(c4cncc([C@@H]5CCC(=O)NC5=O)c4)CC3)CC2)n1. The number of aromatic nitrogens is 4. The summed E-state index contributed by atoms with van der Waals surface area (Å²) in [5, 5.41) is 9.67. The fourth-order valence-corrected chi connectivity index (χ4v) is 8.00. The fourth-order valence-electron chi connectivity index (χ4n) is 7.01. The lowest BCUT2D eigenvalue weighted by Gasteiger charge is -2.39. The Morgan fingerprint density at radius 3 is 2.55 bits per heavy atom. The number of imide groups is 1. The molecule has 3 saturated heterocycles. The summed E-state index contributed by atoms with van der Waals surface area (Å²) in [7, 11) is 0. The Labute approximate surface area is 305 Å². The number of hydrogen-bond acceptors (Lipinski definition) is 12. The summed E-state index contributed by atoms with van der Waals surface area (Å²) in [6, 6.07) is 9.50. The Morgan fingerprint density at radius 2 is 1.78 bits per heavy atom. The molecule has 1 atom stereocenters. The zero-order valence-corrected chi connectivity index (χ0v) is 30.3. The number of para-hydroxylation sites is 1. The first-order chi connectivity index (χ1) is 24.7. The first-order valence-corrected chi connectivity index (χ1v) is 18.5. The number of carbonyl (C=O) groups is 3. The van der Waals surface area contributed by atoms with Crippen molar-refractivity contribution in [2.45, 2.75) is 45.4 Å². The number of pyridine rings is 1. The van der Waals surface area contributed by atoms with Crippen LogP contribution in [0.1, 0.15) is 58.2 Å². The number of aryl methyl sites for hydroxylation is 2. The molecule has 15 heteroatoms. The molecule has 7 rings (SSSR count). The van der Waals surface area contributed by atoms with Gasteiger partial charge in [0.1, 0.15) is 22.3 Å². The molecule has 3 aliphatic heterocycles. The third kappa shape index (κ3) is 8.29. The lowest BCUT2D eigenvalue weighted by molar-refractivity contribution is -0.134. The van der Waals surface area contributed by atoms with Crippen LogP contribution in [-0.2, 0) is 9.59 Å². The van der Waals surface area contributed by atoms with E-state index in [0.29, 0.717) is 51.1 Å². The van der Waals surface area contributed by atoms with Crippen molar-refractivity contribution in [3.8, 4) is 0 Å². The molecule has 0 aliphatic carbocycles. The highest BCUT2D eigenvalue weighted by Crippen LogP contribution is 2.31. The van der Waals surface area contributed by atoms with Crippen LogP contribution in [0.3, 0.4) is 0 Å². The molecular weight excluding hydrogens is 688 g/mol. The Balaban J connectivity index is 0.888. The molecule has 0 radical (unpaired) electrons. The van der Waals surface area contributed by atoms with Crippen molar-refractivity contribution in [3.05, 3.63) is 75.8 Å². The molecule has 3 fully saturated rings. The molecule has 6 heterocycles. The van der Waals surface area contributed by atoms with Crippen LogP contribution in [0.15, 0.2) is 48.9 Å². The number of anilines is 5. The van der Waals surface area contributed by atoms with Gasteiger partial charge in [-0.05, 0) is 62.3 Å². The molecule has 3 aliphatic rings. The number of halogens is 1. The molecule has 3 aromatic heterocycles. The van der Waals surface area contributed by atoms with Crippen LogP contribution in [0.25, 0.3) is 0 Å². The number of thiazole rings is 1. The highest BCUT2D eigenvalue weighted by molar-refractivity contribution is 7.17. The Kier molecular flexibility index (Phi) is 10.4. The maximum Gasteiger partial charge on any atom is 0.267 e. The highest BCUT2D eigenvalue weighted by atomic mass is 35.5. The van der Waals surface area contributed by atoms with E-state index in [4.69, 9.17) is 16.6 Å². The highest BCUT2D eigenvalue weighted by Gasteiger charge is 2.30. The van der Waals surface area contributed by atoms with Gasteiger partial charge in [0.2, 0.25) is 11.8 Å². The van der Waals surface area contributed by atoms with E-state index in [2.05, 4.69) is 51.7 Å². The standard InChI is InChI=1S/C36H41ClN10O3S/c1-22-4-3-5-28(37)33(22)44-35(50)29-20-39-36(51-29)42-30-17-31(41-23(2)40-30)47-14-12-45(13-15-47)21-24-8-10-46(11-9-24)26-16-25(18-38-19-26)27-6-7-32(48)43-34(27)49/h3-5,16-20,24,27H,6-15,21H2,1-2H3,(H,44,50)(H,43,48,49)(H,39,40,41,42)/t27-/m0/s1. The Morgan fingerprint density at radius 1 is 0.980 bits per heavy atom. The van der Waals surface area contributed by atoms with Gasteiger partial charge in [-0.15, -0.1) is 0 Å². The molecule has 0 bridgehead atoms. The van der Waals surface area contributed by atoms with Crippen LogP contribution in [0.5, 0.6) is 0 Å². The smallest absolute Gasteiger partial charge is 0.267 e.